The van der Waals surface area contributed by atoms with E-state index in [1.807, 2.05) is 36.4 Å². The van der Waals surface area contributed by atoms with Gasteiger partial charge < -0.3 is 14.3 Å². The van der Waals surface area contributed by atoms with Crippen molar-refractivity contribution in [3.63, 3.8) is 0 Å². The molecule has 1 amide bonds. The van der Waals surface area contributed by atoms with E-state index in [-0.39, 0.29) is 11.3 Å². The van der Waals surface area contributed by atoms with Crippen LogP contribution in [0.5, 0.6) is 0 Å². The highest BCUT2D eigenvalue weighted by molar-refractivity contribution is 6.08. The largest absolute Gasteiger partial charge is 0.545 e. The van der Waals surface area contributed by atoms with E-state index in [9.17, 15) is 14.7 Å². The molecule has 0 atom stereocenters. The lowest BCUT2D eigenvalue weighted by molar-refractivity contribution is -0.255. The Hall–Kier alpha value is -3.93. The van der Waals surface area contributed by atoms with Crippen LogP contribution in [0.1, 0.15) is 26.5 Å². The van der Waals surface area contributed by atoms with Gasteiger partial charge in [-0.1, -0.05) is 54.6 Å². The Balaban J connectivity index is 1.52. The average Bonchev–Trinajstić information content (AvgIpc) is 3.13. The predicted octanol–water partition coefficient (Wildman–Crippen LogP) is 2.71. The lowest BCUT2D eigenvalue weighted by atomic mass is 10.1. The number of hydrazone groups is 1. The second kappa shape index (κ2) is 6.76. The molecule has 3 aromatic carbocycles. The second-order valence-corrected chi connectivity index (χ2v) is 5.92. The summed E-state index contributed by atoms with van der Waals surface area (Å²) in [6.07, 6.45) is 1.41. The van der Waals surface area contributed by atoms with Crippen LogP contribution >= 0.6 is 0 Å². The monoisotopic (exact) mass is 357 g/mol. The molecule has 6 nitrogen and oxygen atoms in total. The number of benzene rings is 3. The Labute approximate surface area is 153 Å². The van der Waals surface area contributed by atoms with Crippen molar-refractivity contribution in [3.8, 4) is 0 Å². The minimum atomic E-state index is -1.25. The minimum Gasteiger partial charge on any atom is -0.545 e. The van der Waals surface area contributed by atoms with Crippen molar-refractivity contribution in [1.29, 1.82) is 0 Å². The molecule has 0 radical (unpaired) electrons. The Morgan fingerprint density at radius 1 is 0.963 bits per heavy atom. The summed E-state index contributed by atoms with van der Waals surface area (Å²) in [4.78, 5) is 23.0. The summed E-state index contributed by atoms with van der Waals surface area (Å²) < 4.78 is 5.62. The van der Waals surface area contributed by atoms with Gasteiger partial charge in [-0.05, 0) is 34.0 Å². The highest BCUT2D eigenvalue weighted by Crippen LogP contribution is 2.28. The molecule has 0 bridgehead atoms. The van der Waals surface area contributed by atoms with Crippen LogP contribution < -0.4 is 10.5 Å². The number of rotatable bonds is 4. The lowest BCUT2D eigenvalue weighted by Crippen LogP contribution is -2.22. The van der Waals surface area contributed by atoms with Crippen molar-refractivity contribution in [3.05, 3.63) is 83.6 Å². The number of fused-ring (bicyclic) bond motifs is 3. The summed E-state index contributed by atoms with van der Waals surface area (Å²) >= 11 is 0. The van der Waals surface area contributed by atoms with E-state index in [1.165, 1.54) is 18.3 Å². The fraction of sp³-hybridized carbons (Fsp3) is 0. The van der Waals surface area contributed by atoms with Gasteiger partial charge in [0.05, 0.1) is 12.2 Å². The van der Waals surface area contributed by atoms with E-state index >= 15 is 0 Å². The number of carboxylic acids is 1. The van der Waals surface area contributed by atoms with Gasteiger partial charge in [-0.25, -0.2) is 5.43 Å². The third-order valence-electron chi connectivity index (χ3n) is 4.18. The molecule has 0 unspecified atom stereocenters. The van der Waals surface area contributed by atoms with E-state index in [0.717, 1.165) is 16.2 Å². The zero-order chi connectivity index (χ0) is 18.8. The van der Waals surface area contributed by atoms with Crippen molar-refractivity contribution in [2.75, 3.05) is 0 Å². The van der Waals surface area contributed by atoms with Crippen LogP contribution in [0.25, 0.3) is 21.7 Å². The molecule has 4 rings (SSSR count). The second-order valence-electron chi connectivity index (χ2n) is 5.92. The van der Waals surface area contributed by atoms with Crippen molar-refractivity contribution < 1.29 is 19.1 Å². The quantitative estimate of drug-likeness (QED) is 0.449. The van der Waals surface area contributed by atoms with E-state index in [4.69, 9.17) is 4.42 Å². The molecule has 0 saturated carbocycles. The van der Waals surface area contributed by atoms with Crippen LogP contribution in [-0.4, -0.2) is 18.1 Å². The predicted molar refractivity (Wildman–Crippen MR) is 99.6 cm³/mol. The molecule has 132 valence electrons. The molecule has 1 aromatic heterocycles. The molecule has 0 fully saturated rings. The molecule has 1 N–H and O–H groups in total. The van der Waals surface area contributed by atoms with Gasteiger partial charge in [0.2, 0.25) is 0 Å². The molecule has 0 spiro atoms. The van der Waals surface area contributed by atoms with Gasteiger partial charge in [0, 0.05) is 5.39 Å². The van der Waals surface area contributed by atoms with Gasteiger partial charge in [0.15, 0.2) is 5.76 Å². The van der Waals surface area contributed by atoms with Crippen LogP contribution in [0.4, 0.5) is 0 Å². The minimum absolute atomic E-state index is 0.0747. The lowest BCUT2D eigenvalue weighted by Gasteiger charge is -2.01. The molecule has 4 aromatic rings. The van der Waals surface area contributed by atoms with Crippen LogP contribution in [0.2, 0.25) is 0 Å². The number of amides is 1. The highest BCUT2D eigenvalue weighted by Gasteiger charge is 2.13. The average molecular weight is 357 g/mol. The van der Waals surface area contributed by atoms with E-state index < -0.39 is 11.9 Å². The normalized spacial score (nSPS) is 11.3. The van der Waals surface area contributed by atoms with Crippen LogP contribution in [0.15, 0.2) is 76.2 Å². The summed E-state index contributed by atoms with van der Waals surface area (Å²) in [6.45, 7) is 0. The first-order chi connectivity index (χ1) is 13.1. The fourth-order valence-electron chi connectivity index (χ4n) is 2.83. The van der Waals surface area contributed by atoms with Crippen LogP contribution in [0.3, 0.4) is 0 Å². The topological polar surface area (TPSA) is 94.7 Å². The number of carbonyl (C=O) groups excluding carboxylic acids is 2. The first-order valence-electron chi connectivity index (χ1n) is 8.18. The number of hydrogen-bond acceptors (Lipinski definition) is 5. The van der Waals surface area contributed by atoms with Gasteiger partial charge in [-0.3, -0.25) is 4.79 Å². The SMILES string of the molecule is O=C([O-])c1ccc(/C=N\NC(=O)c2cc3c(ccc4ccccc43)o2)cc1. The molecule has 0 saturated heterocycles. The number of nitrogens with zero attached hydrogens (tertiary/aromatic N) is 1. The zero-order valence-corrected chi connectivity index (χ0v) is 14.0. The molecule has 27 heavy (non-hydrogen) atoms. The first kappa shape index (κ1) is 16.5. The number of aromatic carboxylic acids is 1. The number of furan rings is 1. The van der Waals surface area contributed by atoms with E-state index in [2.05, 4.69) is 10.5 Å². The fourth-order valence-corrected chi connectivity index (χ4v) is 2.83. The maximum Gasteiger partial charge on any atom is 0.307 e. The Bertz CT molecular complexity index is 1190. The summed E-state index contributed by atoms with van der Waals surface area (Å²) in [6, 6.07) is 19.3. The molecule has 6 heteroatoms. The Kier molecular flexibility index (Phi) is 4.14. The summed E-state index contributed by atoms with van der Waals surface area (Å²) in [5.41, 5.74) is 3.74. The summed E-state index contributed by atoms with van der Waals surface area (Å²) in [7, 11) is 0. The number of nitrogens with one attached hydrogen (secondary N) is 1. The molecule has 0 aliphatic heterocycles. The maximum atomic E-state index is 12.3. The van der Waals surface area contributed by atoms with Gasteiger partial charge in [-0.15, -0.1) is 0 Å². The molecule has 0 aliphatic carbocycles. The third kappa shape index (κ3) is 3.28. The molecular weight excluding hydrogens is 344 g/mol. The van der Waals surface area contributed by atoms with Gasteiger partial charge in [0.1, 0.15) is 5.58 Å². The number of carbonyl (C=O) groups is 2. The Morgan fingerprint density at radius 3 is 2.52 bits per heavy atom. The van der Waals surface area contributed by atoms with E-state index in [0.29, 0.717) is 11.1 Å². The molecular formula is C21H13N2O4-. The summed E-state index contributed by atoms with van der Waals surface area (Å²) in [5.74, 6) is -1.56. The maximum absolute atomic E-state index is 12.3. The van der Waals surface area contributed by atoms with E-state index in [1.54, 1.807) is 18.2 Å². The van der Waals surface area contributed by atoms with Crippen LogP contribution in [0, 0.1) is 0 Å². The van der Waals surface area contributed by atoms with Crippen molar-refractivity contribution >= 4 is 39.8 Å². The van der Waals surface area contributed by atoms with Crippen molar-refractivity contribution in [2.24, 2.45) is 5.10 Å². The van der Waals surface area contributed by atoms with Gasteiger partial charge >= 0.3 is 5.91 Å². The molecule has 1 heterocycles. The van der Waals surface area contributed by atoms with Crippen molar-refractivity contribution in [2.45, 2.75) is 0 Å². The standard InChI is InChI=1S/C21H14N2O4/c24-20(23-22-12-13-5-7-15(8-6-13)21(25)26)19-11-17-16-4-2-1-3-14(16)9-10-18(17)27-19/h1-12H,(H,23,24)(H,25,26)/p-1/b22-12-. The van der Waals surface area contributed by atoms with Gasteiger partial charge in [-0.2, -0.15) is 5.10 Å². The molecule has 0 aliphatic rings. The third-order valence-corrected chi connectivity index (χ3v) is 4.18. The van der Waals surface area contributed by atoms with Crippen molar-refractivity contribution in [1.82, 2.24) is 5.43 Å². The first-order valence-corrected chi connectivity index (χ1v) is 8.18. The highest BCUT2D eigenvalue weighted by atomic mass is 16.4. The van der Waals surface area contributed by atoms with Gasteiger partial charge in [0.25, 0.3) is 0 Å². The number of carboxylic acid groups (broad SMARTS) is 1. The number of hydrogen-bond donors (Lipinski definition) is 1. The Morgan fingerprint density at radius 2 is 1.74 bits per heavy atom. The van der Waals surface area contributed by atoms with Crippen LogP contribution in [-0.2, 0) is 0 Å². The summed E-state index contributed by atoms with van der Waals surface area (Å²) in [5, 5.41) is 17.5. The smallest absolute Gasteiger partial charge is 0.307 e. The zero-order valence-electron chi connectivity index (χ0n) is 14.0.